The van der Waals surface area contributed by atoms with Crippen molar-refractivity contribution in [1.29, 1.82) is 0 Å². The van der Waals surface area contributed by atoms with Crippen LogP contribution in [-0.2, 0) is 0 Å². The summed E-state index contributed by atoms with van der Waals surface area (Å²) in [7, 11) is 0. The van der Waals surface area contributed by atoms with Crippen molar-refractivity contribution in [2.75, 3.05) is 19.6 Å². The number of carbonyl (C=O) groups is 2. The van der Waals surface area contributed by atoms with Crippen LogP contribution < -0.4 is 10.6 Å². The number of non-ortho nitro benzene ring substituents is 1. The number of benzene rings is 1. The summed E-state index contributed by atoms with van der Waals surface area (Å²) in [6.07, 6.45) is 1.59. The molecule has 9 heteroatoms. The number of hydrogen-bond acceptors (Lipinski definition) is 4. The van der Waals surface area contributed by atoms with E-state index in [0.717, 1.165) is 12.8 Å². The number of nitro groups is 1. The molecule has 148 valence electrons. The molecule has 8 nitrogen and oxygen atoms in total. The quantitative estimate of drug-likeness (QED) is 0.602. The Hall–Kier alpha value is -2.35. The van der Waals surface area contributed by atoms with Crippen LogP contribution in [0.2, 0.25) is 5.02 Å². The van der Waals surface area contributed by atoms with Crippen LogP contribution in [0.4, 0.5) is 10.5 Å². The number of rotatable bonds is 4. The highest BCUT2D eigenvalue weighted by Crippen LogP contribution is 2.23. The molecule has 1 aliphatic rings. The van der Waals surface area contributed by atoms with Gasteiger partial charge in [-0.25, -0.2) is 4.79 Å². The van der Waals surface area contributed by atoms with Crippen molar-refractivity contribution >= 4 is 29.2 Å². The molecule has 1 saturated heterocycles. The smallest absolute Gasteiger partial charge is 0.317 e. The maximum absolute atomic E-state index is 12.3. The van der Waals surface area contributed by atoms with Gasteiger partial charge in [-0.15, -0.1) is 0 Å². The molecule has 0 saturated carbocycles. The van der Waals surface area contributed by atoms with E-state index in [0.29, 0.717) is 19.6 Å². The molecule has 0 unspecified atom stereocenters. The molecule has 2 rings (SSSR count). The van der Waals surface area contributed by atoms with Crippen molar-refractivity contribution in [3.63, 3.8) is 0 Å². The van der Waals surface area contributed by atoms with Gasteiger partial charge in [-0.1, -0.05) is 11.6 Å². The van der Waals surface area contributed by atoms with Crippen molar-refractivity contribution in [3.05, 3.63) is 38.9 Å². The normalized spacial score (nSPS) is 15.3. The minimum absolute atomic E-state index is 0.0513. The van der Waals surface area contributed by atoms with Crippen LogP contribution >= 0.6 is 11.6 Å². The average molecular weight is 397 g/mol. The van der Waals surface area contributed by atoms with Gasteiger partial charge in [0.25, 0.3) is 11.6 Å². The van der Waals surface area contributed by atoms with Crippen molar-refractivity contribution in [2.45, 2.75) is 39.2 Å². The zero-order chi connectivity index (χ0) is 20.2. The maximum Gasteiger partial charge on any atom is 0.317 e. The highest BCUT2D eigenvalue weighted by atomic mass is 35.5. The third-order valence-electron chi connectivity index (χ3n) is 4.34. The highest BCUT2D eigenvalue weighted by Gasteiger charge is 2.25. The standard InChI is InChI=1S/C18H25ClN4O4/c1-18(2,3)21-17(25)22-8-6-12(7-9-22)11-20-16(24)14-5-4-13(23(26)27)10-15(14)19/h4-5,10,12H,6-9,11H2,1-3H3,(H,20,24)(H,21,25). The molecule has 1 fully saturated rings. The Morgan fingerprint density at radius 3 is 2.44 bits per heavy atom. The molecule has 0 bridgehead atoms. The van der Waals surface area contributed by atoms with Gasteiger partial charge in [0.05, 0.1) is 15.5 Å². The van der Waals surface area contributed by atoms with Gasteiger partial charge in [-0.05, 0) is 45.6 Å². The van der Waals surface area contributed by atoms with Gasteiger partial charge >= 0.3 is 6.03 Å². The number of likely N-dealkylation sites (tertiary alicyclic amines) is 1. The third-order valence-corrected chi connectivity index (χ3v) is 4.66. The summed E-state index contributed by atoms with van der Waals surface area (Å²) in [6, 6.07) is 3.72. The van der Waals surface area contributed by atoms with Gasteiger partial charge in [0.1, 0.15) is 0 Å². The first-order valence-electron chi connectivity index (χ1n) is 8.86. The van der Waals surface area contributed by atoms with E-state index >= 15 is 0 Å². The summed E-state index contributed by atoms with van der Waals surface area (Å²) in [5.74, 6) is -0.0905. The van der Waals surface area contributed by atoms with Gasteiger partial charge in [0, 0.05) is 37.3 Å². The second-order valence-electron chi connectivity index (χ2n) is 7.74. The molecular weight excluding hydrogens is 372 g/mol. The van der Waals surface area contributed by atoms with Crippen molar-refractivity contribution < 1.29 is 14.5 Å². The maximum atomic E-state index is 12.3. The SMILES string of the molecule is CC(C)(C)NC(=O)N1CCC(CNC(=O)c2ccc([N+](=O)[O-])cc2Cl)CC1. The van der Waals surface area contributed by atoms with E-state index < -0.39 is 4.92 Å². The molecular formula is C18H25ClN4O4. The van der Waals surface area contributed by atoms with Crippen LogP contribution in [0.1, 0.15) is 44.0 Å². The van der Waals surface area contributed by atoms with Crippen LogP contribution in [0, 0.1) is 16.0 Å². The number of carbonyl (C=O) groups excluding carboxylic acids is 2. The zero-order valence-corrected chi connectivity index (χ0v) is 16.5. The second kappa shape index (κ2) is 8.56. The Morgan fingerprint density at radius 1 is 1.30 bits per heavy atom. The molecule has 0 aliphatic carbocycles. The number of hydrogen-bond donors (Lipinski definition) is 2. The monoisotopic (exact) mass is 396 g/mol. The van der Waals surface area contributed by atoms with Gasteiger partial charge in [0.15, 0.2) is 0 Å². The number of urea groups is 1. The fraction of sp³-hybridized carbons (Fsp3) is 0.556. The summed E-state index contributed by atoms with van der Waals surface area (Å²) >= 11 is 5.98. The van der Waals surface area contributed by atoms with Crippen LogP contribution in [-0.4, -0.2) is 46.9 Å². The molecule has 0 spiro atoms. The molecule has 1 aromatic rings. The Bertz CT molecular complexity index is 725. The fourth-order valence-corrected chi connectivity index (χ4v) is 3.13. The first kappa shape index (κ1) is 21.0. The topological polar surface area (TPSA) is 105 Å². The Balaban J connectivity index is 1.82. The lowest BCUT2D eigenvalue weighted by Gasteiger charge is -2.34. The Morgan fingerprint density at radius 2 is 1.93 bits per heavy atom. The molecule has 0 atom stereocenters. The van der Waals surface area contributed by atoms with Crippen LogP contribution in [0.5, 0.6) is 0 Å². The molecule has 1 heterocycles. The van der Waals surface area contributed by atoms with Crippen molar-refractivity contribution in [2.24, 2.45) is 5.92 Å². The summed E-state index contributed by atoms with van der Waals surface area (Å²) in [4.78, 5) is 36.4. The molecule has 3 amide bonds. The summed E-state index contributed by atoms with van der Waals surface area (Å²) in [5, 5.41) is 16.6. The minimum Gasteiger partial charge on any atom is -0.352 e. The lowest BCUT2D eigenvalue weighted by molar-refractivity contribution is -0.384. The predicted molar refractivity (Wildman–Crippen MR) is 103 cm³/mol. The number of amides is 3. The Kier molecular flexibility index (Phi) is 6.64. The number of nitro benzene ring substituents is 1. The summed E-state index contributed by atoms with van der Waals surface area (Å²) < 4.78 is 0. The first-order valence-corrected chi connectivity index (χ1v) is 9.24. The first-order chi connectivity index (χ1) is 12.6. The molecule has 1 aromatic carbocycles. The number of nitrogens with one attached hydrogen (secondary N) is 2. The van der Waals surface area contributed by atoms with E-state index in [-0.39, 0.29) is 39.7 Å². The van der Waals surface area contributed by atoms with Crippen LogP contribution in [0.15, 0.2) is 18.2 Å². The van der Waals surface area contributed by atoms with Crippen LogP contribution in [0.25, 0.3) is 0 Å². The number of halogens is 1. The van der Waals surface area contributed by atoms with Crippen molar-refractivity contribution in [3.8, 4) is 0 Å². The lowest BCUT2D eigenvalue weighted by Crippen LogP contribution is -2.51. The number of piperidine rings is 1. The van der Waals surface area contributed by atoms with Gasteiger partial charge in [-0.2, -0.15) is 0 Å². The number of nitrogens with zero attached hydrogens (tertiary/aromatic N) is 2. The largest absolute Gasteiger partial charge is 0.352 e. The molecule has 2 N–H and O–H groups in total. The van der Waals surface area contributed by atoms with E-state index in [2.05, 4.69) is 10.6 Å². The van der Waals surface area contributed by atoms with E-state index in [9.17, 15) is 19.7 Å². The highest BCUT2D eigenvalue weighted by molar-refractivity contribution is 6.34. The molecule has 1 aliphatic heterocycles. The van der Waals surface area contributed by atoms with Gasteiger partial charge < -0.3 is 15.5 Å². The third kappa shape index (κ3) is 6.09. The second-order valence-corrected chi connectivity index (χ2v) is 8.15. The summed E-state index contributed by atoms with van der Waals surface area (Å²) in [6.45, 7) is 7.58. The van der Waals surface area contributed by atoms with Gasteiger partial charge in [0.2, 0.25) is 0 Å². The van der Waals surface area contributed by atoms with E-state index in [1.165, 1.54) is 18.2 Å². The lowest BCUT2D eigenvalue weighted by atomic mass is 9.96. The predicted octanol–water partition coefficient (Wildman–Crippen LogP) is 3.20. The van der Waals surface area contributed by atoms with Crippen LogP contribution in [0.3, 0.4) is 0 Å². The summed E-state index contributed by atoms with van der Waals surface area (Å²) in [5.41, 5.74) is -0.215. The molecule has 0 aromatic heterocycles. The Labute approximate surface area is 163 Å². The zero-order valence-electron chi connectivity index (χ0n) is 15.8. The molecule has 27 heavy (non-hydrogen) atoms. The van der Waals surface area contributed by atoms with E-state index in [1.54, 1.807) is 4.90 Å². The molecule has 0 radical (unpaired) electrons. The minimum atomic E-state index is -0.558. The van der Waals surface area contributed by atoms with E-state index in [4.69, 9.17) is 11.6 Å². The average Bonchev–Trinajstić information content (AvgIpc) is 2.58. The van der Waals surface area contributed by atoms with E-state index in [1.807, 2.05) is 20.8 Å². The van der Waals surface area contributed by atoms with Crippen molar-refractivity contribution in [1.82, 2.24) is 15.5 Å². The van der Waals surface area contributed by atoms with Gasteiger partial charge in [-0.3, -0.25) is 14.9 Å². The fourth-order valence-electron chi connectivity index (χ4n) is 2.87.